The Bertz CT molecular complexity index is 421. The summed E-state index contributed by atoms with van der Waals surface area (Å²) in [4.78, 5) is 11.7. The summed E-state index contributed by atoms with van der Waals surface area (Å²) in [7, 11) is 0. The number of nitrogens with one attached hydrogen (secondary N) is 1. The van der Waals surface area contributed by atoms with Crippen molar-refractivity contribution in [2.45, 2.75) is 12.8 Å². The minimum atomic E-state index is -0.141. The van der Waals surface area contributed by atoms with E-state index in [1.165, 1.54) is 0 Å². The Hall–Kier alpha value is -0.620. The number of aliphatic hydroxyl groups excluding tert-OH is 1. The number of benzene rings is 1. The molecular weight excluding hydrogens is 307 g/mol. The molecule has 1 rings (SSSR count). The highest BCUT2D eigenvalue weighted by molar-refractivity contribution is 7.99. The van der Waals surface area contributed by atoms with E-state index in [9.17, 15) is 4.79 Å². The molecule has 1 aromatic carbocycles. The van der Waals surface area contributed by atoms with Crippen LogP contribution in [0.5, 0.6) is 0 Å². The van der Waals surface area contributed by atoms with E-state index in [0.717, 1.165) is 12.2 Å². The van der Waals surface area contributed by atoms with Crippen LogP contribution >= 0.6 is 35.0 Å². The number of nitrogens with two attached hydrogens (primary N) is 1. The van der Waals surface area contributed by atoms with Crippen molar-refractivity contribution in [1.82, 2.24) is 0 Å². The van der Waals surface area contributed by atoms with Crippen molar-refractivity contribution in [2.75, 3.05) is 29.2 Å². The highest BCUT2D eigenvalue weighted by Crippen LogP contribution is 2.32. The number of rotatable bonds is 7. The van der Waals surface area contributed by atoms with Crippen LogP contribution in [0.1, 0.15) is 12.8 Å². The number of nitrogen functional groups attached to an aromatic ring is 1. The fraction of sp³-hybridized carbons (Fsp3) is 0.417. The van der Waals surface area contributed by atoms with Gasteiger partial charge in [0.1, 0.15) is 0 Å². The SMILES string of the molecule is Nc1cc(Cl)c(NC(=O)CCCSCCO)c(Cl)c1. The molecule has 0 unspecified atom stereocenters. The molecule has 0 aliphatic rings. The van der Waals surface area contributed by atoms with E-state index in [0.29, 0.717) is 33.6 Å². The molecule has 4 nitrogen and oxygen atoms in total. The van der Waals surface area contributed by atoms with Gasteiger partial charge in [0, 0.05) is 17.9 Å². The molecule has 1 amide bonds. The van der Waals surface area contributed by atoms with Crippen LogP contribution in [0.2, 0.25) is 10.0 Å². The van der Waals surface area contributed by atoms with E-state index in [1.807, 2.05) is 0 Å². The largest absolute Gasteiger partial charge is 0.399 e. The van der Waals surface area contributed by atoms with Gasteiger partial charge in [-0.3, -0.25) is 4.79 Å². The van der Waals surface area contributed by atoms with Gasteiger partial charge in [0.05, 0.1) is 22.3 Å². The first-order chi connectivity index (χ1) is 9.04. The lowest BCUT2D eigenvalue weighted by Crippen LogP contribution is -2.12. The molecule has 0 saturated carbocycles. The number of halogens is 2. The number of hydrogen-bond acceptors (Lipinski definition) is 4. The zero-order valence-corrected chi connectivity index (χ0v) is 12.6. The van der Waals surface area contributed by atoms with Gasteiger partial charge in [0.25, 0.3) is 0 Å². The number of anilines is 2. The molecule has 0 aromatic heterocycles. The predicted octanol–water partition coefficient (Wildman–Crippen LogP) is 3.02. The van der Waals surface area contributed by atoms with Crippen LogP contribution in [-0.2, 0) is 4.79 Å². The second-order valence-corrected chi connectivity index (χ2v) is 5.89. The topological polar surface area (TPSA) is 75.3 Å². The lowest BCUT2D eigenvalue weighted by atomic mass is 10.2. The molecule has 0 radical (unpaired) electrons. The van der Waals surface area contributed by atoms with Crippen molar-refractivity contribution >= 4 is 52.2 Å². The standard InChI is InChI=1S/C12H16Cl2N2O2S/c13-9-6-8(15)7-10(14)12(9)16-11(18)2-1-4-19-5-3-17/h6-7,17H,1-5,15H2,(H,16,18). The summed E-state index contributed by atoms with van der Waals surface area (Å²) in [6, 6.07) is 3.08. The lowest BCUT2D eigenvalue weighted by molar-refractivity contribution is -0.116. The van der Waals surface area contributed by atoms with Crippen molar-refractivity contribution in [3.63, 3.8) is 0 Å². The Kier molecular flexibility index (Phi) is 7.38. The van der Waals surface area contributed by atoms with Gasteiger partial charge < -0.3 is 16.2 Å². The molecule has 0 bridgehead atoms. The van der Waals surface area contributed by atoms with Crippen molar-refractivity contribution in [3.8, 4) is 0 Å². The first-order valence-corrected chi connectivity index (χ1v) is 7.68. The molecule has 0 spiro atoms. The molecule has 4 N–H and O–H groups in total. The van der Waals surface area contributed by atoms with Gasteiger partial charge in [0.2, 0.25) is 5.91 Å². The fourth-order valence-electron chi connectivity index (χ4n) is 1.42. The molecule has 7 heteroatoms. The van der Waals surface area contributed by atoms with Crippen LogP contribution in [0.4, 0.5) is 11.4 Å². The van der Waals surface area contributed by atoms with Gasteiger partial charge >= 0.3 is 0 Å². The smallest absolute Gasteiger partial charge is 0.224 e. The minimum Gasteiger partial charge on any atom is -0.399 e. The van der Waals surface area contributed by atoms with E-state index in [1.54, 1.807) is 23.9 Å². The van der Waals surface area contributed by atoms with Gasteiger partial charge in [-0.1, -0.05) is 23.2 Å². The number of amides is 1. The minimum absolute atomic E-state index is 0.141. The Morgan fingerprint density at radius 1 is 1.32 bits per heavy atom. The summed E-state index contributed by atoms with van der Waals surface area (Å²) in [6.07, 6.45) is 1.12. The van der Waals surface area contributed by atoms with E-state index in [4.69, 9.17) is 34.0 Å². The Morgan fingerprint density at radius 3 is 2.53 bits per heavy atom. The maximum absolute atomic E-state index is 11.7. The van der Waals surface area contributed by atoms with Crippen molar-refractivity contribution < 1.29 is 9.90 Å². The Morgan fingerprint density at radius 2 is 1.95 bits per heavy atom. The van der Waals surface area contributed by atoms with E-state index in [-0.39, 0.29) is 12.5 Å². The second-order valence-electron chi connectivity index (χ2n) is 3.85. The molecule has 106 valence electrons. The van der Waals surface area contributed by atoms with Gasteiger partial charge in [-0.25, -0.2) is 0 Å². The van der Waals surface area contributed by atoms with Gasteiger partial charge in [-0.15, -0.1) is 0 Å². The highest BCUT2D eigenvalue weighted by Gasteiger charge is 2.10. The van der Waals surface area contributed by atoms with Crippen LogP contribution in [0.25, 0.3) is 0 Å². The summed E-state index contributed by atoms with van der Waals surface area (Å²) in [6.45, 7) is 0.160. The van der Waals surface area contributed by atoms with E-state index < -0.39 is 0 Å². The van der Waals surface area contributed by atoms with Crippen molar-refractivity contribution in [3.05, 3.63) is 22.2 Å². The molecule has 0 fully saturated rings. The number of thioether (sulfide) groups is 1. The van der Waals surface area contributed by atoms with Gasteiger partial charge in [-0.2, -0.15) is 11.8 Å². The summed E-state index contributed by atoms with van der Waals surface area (Å²) in [5.74, 6) is 1.38. The zero-order chi connectivity index (χ0) is 14.3. The van der Waals surface area contributed by atoms with E-state index >= 15 is 0 Å². The normalized spacial score (nSPS) is 10.5. The van der Waals surface area contributed by atoms with Crippen molar-refractivity contribution in [2.24, 2.45) is 0 Å². The van der Waals surface area contributed by atoms with Crippen molar-refractivity contribution in [1.29, 1.82) is 0 Å². The fourth-order valence-corrected chi connectivity index (χ4v) is 2.70. The maximum atomic E-state index is 11.7. The van der Waals surface area contributed by atoms with Crippen LogP contribution in [-0.4, -0.2) is 29.1 Å². The lowest BCUT2D eigenvalue weighted by Gasteiger charge is -2.10. The Balaban J connectivity index is 2.44. The molecule has 1 aromatic rings. The Labute approximate surface area is 126 Å². The summed E-state index contributed by atoms with van der Waals surface area (Å²) < 4.78 is 0. The summed E-state index contributed by atoms with van der Waals surface area (Å²) in [5, 5.41) is 11.9. The van der Waals surface area contributed by atoms with Crippen LogP contribution in [0.15, 0.2) is 12.1 Å². The predicted molar refractivity (Wildman–Crippen MR) is 83.1 cm³/mol. The molecule has 0 atom stereocenters. The number of carbonyl (C=O) groups excluding carboxylic acids is 1. The number of aliphatic hydroxyl groups is 1. The third-order valence-electron chi connectivity index (χ3n) is 2.26. The first kappa shape index (κ1) is 16.4. The molecular formula is C12H16Cl2N2O2S. The summed E-state index contributed by atoms with van der Waals surface area (Å²) >= 11 is 13.6. The molecule has 0 aliphatic carbocycles. The first-order valence-electron chi connectivity index (χ1n) is 5.77. The van der Waals surface area contributed by atoms with E-state index in [2.05, 4.69) is 5.32 Å². The van der Waals surface area contributed by atoms with Crippen LogP contribution in [0.3, 0.4) is 0 Å². The summed E-state index contributed by atoms with van der Waals surface area (Å²) in [5.41, 5.74) is 6.43. The van der Waals surface area contributed by atoms with Crippen LogP contribution < -0.4 is 11.1 Å². The molecule has 0 heterocycles. The van der Waals surface area contributed by atoms with Crippen LogP contribution in [0, 0.1) is 0 Å². The highest BCUT2D eigenvalue weighted by atomic mass is 35.5. The quantitative estimate of drug-likeness (QED) is 0.532. The third-order valence-corrected chi connectivity index (χ3v) is 3.90. The molecule has 19 heavy (non-hydrogen) atoms. The zero-order valence-electron chi connectivity index (χ0n) is 10.3. The second kappa shape index (κ2) is 8.53. The van der Waals surface area contributed by atoms with Gasteiger partial charge in [-0.05, 0) is 24.3 Å². The maximum Gasteiger partial charge on any atom is 0.224 e. The third kappa shape index (κ3) is 5.91. The number of carbonyl (C=O) groups is 1. The van der Waals surface area contributed by atoms with Gasteiger partial charge in [0.15, 0.2) is 0 Å². The molecule has 0 saturated heterocycles. The molecule has 0 aliphatic heterocycles. The monoisotopic (exact) mass is 322 g/mol. The average Bonchev–Trinajstić information content (AvgIpc) is 2.33. The average molecular weight is 323 g/mol. The number of hydrogen-bond donors (Lipinski definition) is 3.